The molecule has 2 rings (SSSR count). The van der Waals surface area contributed by atoms with Crippen LogP contribution in [0.5, 0.6) is 0 Å². The van der Waals surface area contributed by atoms with Crippen LogP contribution in [0.15, 0.2) is 24.3 Å². The average molecular weight is 246 g/mol. The standard InChI is InChI=1S/C16H26N2/c1-3-10-18-11-8-15(9-12-18)13-14-4-6-16(17-2)7-5-14/h4-7,15,17H,3,8-13H2,1-2H3. The molecule has 1 N–H and O–H groups in total. The van der Waals surface area contributed by atoms with Gasteiger partial charge in [0.1, 0.15) is 0 Å². The van der Waals surface area contributed by atoms with E-state index in [4.69, 9.17) is 0 Å². The topological polar surface area (TPSA) is 15.3 Å². The molecule has 1 aromatic rings. The van der Waals surface area contributed by atoms with Gasteiger partial charge in [0.15, 0.2) is 0 Å². The van der Waals surface area contributed by atoms with Crippen molar-refractivity contribution in [1.29, 1.82) is 0 Å². The van der Waals surface area contributed by atoms with E-state index in [0.29, 0.717) is 0 Å². The Morgan fingerprint density at radius 2 is 1.83 bits per heavy atom. The van der Waals surface area contributed by atoms with E-state index in [1.54, 1.807) is 0 Å². The number of benzene rings is 1. The van der Waals surface area contributed by atoms with Crippen LogP contribution in [0.4, 0.5) is 5.69 Å². The molecule has 1 aliphatic rings. The van der Waals surface area contributed by atoms with Crippen LogP contribution >= 0.6 is 0 Å². The van der Waals surface area contributed by atoms with Crippen molar-refractivity contribution in [3.8, 4) is 0 Å². The van der Waals surface area contributed by atoms with Crippen molar-refractivity contribution in [3.63, 3.8) is 0 Å². The highest BCUT2D eigenvalue weighted by atomic mass is 15.1. The summed E-state index contributed by atoms with van der Waals surface area (Å²) in [6.45, 7) is 6.15. The van der Waals surface area contributed by atoms with Crippen LogP contribution < -0.4 is 5.32 Å². The third kappa shape index (κ3) is 3.74. The molecule has 0 bridgehead atoms. The first-order valence-corrected chi connectivity index (χ1v) is 7.31. The zero-order chi connectivity index (χ0) is 12.8. The fourth-order valence-corrected chi connectivity index (χ4v) is 2.87. The number of hydrogen-bond acceptors (Lipinski definition) is 2. The third-order valence-electron chi connectivity index (χ3n) is 4.01. The Morgan fingerprint density at radius 1 is 1.17 bits per heavy atom. The molecular formula is C16H26N2. The predicted octanol–water partition coefficient (Wildman–Crippen LogP) is 3.39. The summed E-state index contributed by atoms with van der Waals surface area (Å²) in [5.74, 6) is 0.888. The van der Waals surface area contributed by atoms with Gasteiger partial charge in [-0.15, -0.1) is 0 Å². The van der Waals surface area contributed by atoms with E-state index >= 15 is 0 Å². The number of nitrogens with zero attached hydrogens (tertiary/aromatic N) is 1. The summed E-state index contributed by atoms with van der Waals surface area (Å²) in [5.41, 5.74) is 2.69. The molecule has 0 saturated carbocycles. The fraction of sp³-hybridized carbons (Fsp3) is 0.625. The summed E-state index contributed by atoms with van der Waals surface area (Å²) in [4.78, 5) is 2.61. The van der Waals surface area contributed by atoms with Gasteiger partial charge >= 0.3 is 0 Å². The number of likely N-dealkylation sites (tertiary alicyclic amines) is 1. The van der Waals surface area contributed by atoms with Crippen LogP contribution in [-0.2, 0) is 6.42 Å². The Bertz CT molecular complexity index is 337. The van der Waals surface area contributed by atoms with Gasteiger partial charge in [0.2, 0.25) is 0 Å². The molecule has 18 heavy (non-hydrogen) atoms. The van der Waals surface area contributed by atoms with Crippen molar-refractivity contribution in [2.24, 2.45) is 5.92 Å². The van der Waals surface area contributed by atoms with Gasteiger partial charge in [-0.3, -0.25) is 0 Å². The molecule has 0 aliphatic carbocycles. The second-order valence-corrected chi connectivity index (χ2v) is 5.44. The third-order valence-corrected chi connectivity index (χ3v) is 4.01. The monoisotopic (exact) mass is 246 g/mol. The normalized spacial score (nSPS) is 17.9. The first kappa shape index (κ1) is 13.4. The summed E-state index contributed by atoms with van der Waals surface area (Å²) in [5, 5.41) is 3.17. The quantitative estimate of drug-likeness (QED) is 0.856. The lowest BCUT2D eigenvalue weighted by Crippen LogP contribution is -2.34. The van der Waals surface area contributed by atoms with Crippen molar-refractivity contribution in [3.05, 3.63) is 29.8 Å². The van der Waals surface area contributed by atoms with Crippen LogP contribution in [0.2, 0.25) is 0 Å². The van der Waals surface area contributed by atoms with Crippen LogP contribution in [0, 0.1) is 5.92 Å². The Balaban J connectivity index is 1.80. The maximum Gasteiger partial charge on any atom is 0.0337 e. The van der Waals surface area contributed by atoms with E-state index in [1.165, 1.54) is 56.6 Å². The second kappa shape index (κ2) is 6.79. The Hall–Kier alpha value is -1.02. The summed E-state index contributed by atoms with van der Waals surface area (Å²) < 4.78 is 0. The van der Waals surface area contributed by atoms with Gasteiger partial charge in [-0.2, -0.15) is 0 Å². The molecule has 2 heteroatoms. The van der Waals surface area contributed by atoms with Crippen molar-refractivity contribution in [2.45, 2.75) is 32.6 Å². The minimum atomic E-state index is 0.888. The number of rotatable bonds is 5. The van der Waals surface area contributed by atoms with Crippen LogP contribution in [0.3, 0.4) is 0 Å². The van der Waals surface area contributed by atoms with Crippen molar-refractivity contribution in [2.75, 3.05) is 32.0 Å². The molecule has 1 heterocycles. The van der Waals surface area contributed by atoms with Crippen molar-refractivity contribution >= 4 is 5.69 Å². The molecule has 0 spiro atoms. The van der Waals surface area contributed by atoms with E-state index in [-0.39, 0.29) is 0 Å². The molecule has 0 atom stereocenters. The molecule has 0 amide bonds. The molecule has 0 aromatic heterocycles. The lowest BCUT2D eigenvalue weighted by molar-refractivity contribution is 0.184. The molecule has 1 aromatic carbocycles. The van der Waals surface area contributed by atoms with Gasteiger partial charge in [-0.05, 0) is 68.9 Å². The number of anilines is 1. The second-order valence-electron chi connectivity index (χ2n) is 5.44. The molecule has 0 unspecified atom stereocenters. The zero-order valence-corrected chi connectivity index (χ0v) is 11.8. The van der Waals surface area contributed by atoms with Crippen LogP contribution in [0.1, 0.15) is 31.7 Å². The minimum Gasteiger partial charge on any atom is -0.388 e. The summed E-state index contributed by atoms with van der Waals surface area (Å²) >= 11 is 0. The van der Waals surface area contributed by atoms with Gasteiger partial charge < -0.3 is 10.2 Å². The molecule has 1 saturated heterocycles. The van der Waals surface area contributed by atoms with E-state index in [9.17, 15) is 0 Å². The van der Waals surface area contributed by atoms with Gasteiger partial charge in [0.25, 0.3) is 0 Å². The van der Waals surface area contributed by atoms with E-state index < -0.39 is 0 Å². The maximum absolute atomic E-state index is 3.17. The van der Waals surface area contributed by atoms with Crippen molar-refractivity contribution in [1.82, 2.24) is 4.90 Å². The van der Waals surface area contributed by atoms with Gasteiger partial charge in [0, 0.05) is 12.7 Å². The van der Waals surface area contributed by atoms with Crippen LogP contribution in [-0.4, -0.2) is 31.6 Å². The maximum atomic E-state index is 3.17. The Labute approximate surface area is 111 Å². The first-order valence-electron chi connectivity index (χ1n) is 7.31. The van der Waals surface area contributed by atoms with Gasteiger partial charge in [-0.1, -0.05) is 19.1 Å². The molecule has 2 nitrogen and oxygen atoms in total. The van der Waals surface area contributed by atoms with Gasteiger partial charge in [-0.25, -0.2) is 0 Å². The summed E-state index contributed by atoms with van der Waals surface area (Å²) in [6, 6.07) is 8.90. The van der Waals surface area contributed by atoms with E-state index in [1.807, 2.05) is 7.05 Å². The molecule has 1 fully saturated rings. The summed E-state index contributed by atoms with van der Waals surface area (Å²) in [7, 11) is 1.97. The largest absolute Gasteiger partial charge is 0.388 e. The van der Waals surface area contributed by atoms with Crippen molar-refractivity contribution < 1.29 is 0 Å². The fourth-order valence-electron chi connectivity index (χ4n) is 2.87. The smallest absolute Gasteiger partial charge is 0.0337 e. The Kier molecular flexibility index (Phi) is 5.06. The van der Waals surface area contributed by atoms with Crippen LogP contribution in [0.25, 0.3) is 0 Å². The Morgan fingerprint density at radius 3 is 2.39 bits per heavy atom. The molecule has 0 radical (unpaired) electrons. The van der Waals surface area contributed by atoms with E-state index in [2.05, 4.69) is 41.4 Å². The lowest BCUT2D eigenvalue weighted by atomic mass is 9.90. The summed E-state index contributed by atoms with van der Waals surface area (Å²) in [6.07, 6.45) is 5.28. The highest BCUT2D eigenvalue weighted by molar-refractivity contribution is 5.43. The number of piperidine rings is 1. The lowest BCUT2D eigenvalue weighted by Gasteiger charge is -2.31. The predicted molar refractivity (Wildman–Crippen MR) is 79.1 cm³/mol. The zero-order valence-electron chi connectivity index (χ0n) is 11.8. The number of hydrogen-bond donors (Lipinski definition) is 1. The number of nitrogens with one attached hydrogen (secondary N) is 1. The average Bonchev–Trinajstić information content (AvgIpc) is 2.42. The minimum absolute atomic E-state index is 0.888. The highest BCUT2D eigenvalue weighted by Crippen LogP contribution is 2.22. The van der Waals surface area contributed by atoms with Gasteiger partial charge in [0.05, 0.1) is 0 Å². The highest BCUT2D eigenvalue weighted by Gasteiger charge is 2.18. The first-order chi connectivity index (χ1) is 8.81. The molecule has 100 valence electrons. The molecular weight excluding hydrogens is 220 g/mol. The SMILES string of the molecule is CCCN1CCC(Cc2ccc(NC)cc2)CC1. The van der Waals surface area contributed by atoms with E-state index in [0.717, 1.165) is 5.92 Å². The molecule has 1 aliphatic heterocycles.